The van der Waals surface area contributed by atoms with E-state index in [2.05, 4.69) is 0 Å². The highest BCUT2D eigenvalue weighted by Crippen LogP contribution is 2.38. The third-order valence-corrected chi connectivity index (χ3v) is 11.9. The van der Waals surface area contributed by atoms with Crippen LogP contribution in [0.3, 0.4) is 0 Å². The molecule has 366 valence electrons. The molecule has 18 heteroatoms. The summed E-state index contributed by atoms with van der Waals surface area (Å²) in [7, 11) is 0. The summed E-state index contributed by atoms with van der Waals surface area (Å²) in [6, 6.07) is -1.15. The molecule has 2 saturated heterocycles. The number of nitrogens with two attached hydrogens (primary N) is 1. The number of ketones is 1. The highest BCUT2D eigenvalue weighted by Gasteiger charge is 2.51. The van der Waals surface area contributed by atoms with Gasteiger partial charge in [-0.1, -0.05) is 98.9 Å². The lowest BCUT2D eigenvalue weighted by molar-refractivity contribution is -0.310. The van der Waals surface area contributed by atoms with E-state index >= 15 is 0 Å². The number of carbonyl (C=O) groups is 3. The Morgan fingerprint density at radius 2 is 1.22 bits per heavy atom. The molecular formula is C47H71NO17. The number of carboxylic acid groups (broad SMARTS) is 1. The van der Waals surface area contributed by atoms with Crippen molar-refractivity contribution in [1.29, 1.82) is 0 Å². The van der Waals surface area contributed by atoms with Crippen molar-refractivity contribution in [3.05, 3.63) is 85.1 Å². The van der Waals surface area contributed by atoms with Crippen molar-refractivity contribution in [1.82, 2.24) is 0 Å². The minimum Gasteiger partial charge on any atom is -0.481 e. The number of hydrogen-bond donors (Lipinski definition) is 11. The number of aliphatic hydroxyl groups is 9. The first-order valence-electron chi connectivity index (χ1n) is 22.2. The number of Topliss-reactive ketones (excluding diaryl/α,β-unsaturated/α-hetero) is 1. The summed E-state index contributed by atoms with van der Waals surface area (Å²) in [4.78, 5) is 37.7. The number of aliphatic hydroxyl groups excluding tert-OH is 8. The van der Waals surface area contributed by atoms with E-state index in [0.717, 1.165) is 0 Å². The maximum atomic E-state index is 12.7. The maximum Gasteiger partial charge on any atom is 0.311 e. The summed E-state index contributed by atoms with van der Waals surface area (Å²) in [6.45, 7) is 6.69. The largest absolute Gasteiger partial charge is 0.481 e. The molecular weight excluding hydrogens is 851 g/mol. The van der Waals surface area contributed by atoms with E-state index in [1.165, 1.54) is 13.0 Å². The van der Waals surface area contributed by atoms with Crippen LogP contribution in [0.4, 0.5) is 0 Å². The van der Waals surface area contributed by atoms with Gasteiger partial charge in [-0.15, -0.1) is 0 Å². The van der Waals surface area contributed by atoms with E-state index in [1.54, 1.807) is 86.8 Å². The van der Waals surface area contributed by atoms with Crippen LogP contribution in [0.15, 0.2) is 85.1 Å². The highest BCUT2D eigenvalue weighted by molar-refractivity contribution is 5.80. The topological polar surface area (TPSA) is 316 Å². The minimum atomic E-state index is -2.37. The van der Waals surface area contributed by atoms with Gasteiger partial charge in [0.2, 0.25) is 0 Å². The van der Waals surface area contributed by atoms with Gasteiger partial charge in [-0.3, -0.25) is 14.4 Å². The first-order chi connectivity index (χ1) is 30.6. The summed E-state index contributed by atoms with van der Waals surface area (Å²) >= 11 is 0. The van der Waals surface area contributed by atoms with Crippen molar-refractivity contribution in [3.8, 4) is 0 Å². The summed E-state index contributed by atoms with van der Waals surface area (Å²) in [5.74, 6) is -7.57. The van der Waals surface area contributed by atoms with Crippen LogP contribution in [0.2, 0.25) is 0 Å². The fourth-order valence-corrected chi connectivity index (χ4v) is 7.81. The molecule has 12 N–H and O–H groups in total. The first-order valence-corrected chi connectivity index (χ1v) is 22.2. The Bertz CT molecular complexity index is 1710. The molecule has 3 aliphatic rings. The van der Waals surface area contributed by atoms with Crippen LogP contribution in [0, 0.1) is 17.8 Å². The SMILES string of the molecule is C[C@@H]1[C@H](O)[C@@H](C)/C=C/C=C/C=C/C=C/C=C/C=C/C=C/[C@H](O[C@@H]2O[C@H](C)[C@@H](O)[C@H](N)[C@@H]2O)CC2O[C@](O)(C[C@@H](O)[C@H](O)CC[C@@H](O)CC(=O)C[C@@H](O)CC(=O)O[C@H]1C)C[C@H](O)[C@H]2C(=O)O. The summed E-state index contributed by atoms with van der Waals surface area (Å²) in [5, 5.41) is 107. The van der Waals surface area contributed by atoms with Crippen LogP contribution in [0.5, 0.6) is 0 Å². The molecule has 18 atom stereocenters. The van der Waals surface area contributed by atoms with Crippen LogP contribution in [-0.4, -0.2) is 160 Å². The van der Waals surface area contributed by atoms with Crippen molar-refractivity contribution < 1.29 is 84.4 Å². The molecule has 0 aromatic heterocycles. The van der Waals surface area contributed by atoms with Crippen molar-refractivity contribution in [2.45, 2.75) is 170 Å². The number of allylic oxidation sites excluding steroid dienone is 12. The molecule has 3 rings (SSSR count). The van der Waals surface area contributed by atoms with Crippen LogP contribution < -0.4 is 5.73 Å². The quantitative estimate of drug-likeness (QED) is 0.175. The Balaban J connectivity index is 1.86. The summed E-state index contributed by atoms with van der Waals surface area (Å²) in [6.07, 6.45) is 3.75. The number of carbonyl (C=O) groups excluding carboxylic acids is 2. The van der Waals surface area contributed by atoms with E-state index in [-0.39, 0.29) is 25.2 Å². The van der Waals surface area contributed by atoms with Crippen molar-refractivity contribution in [2.75, 3.05) is 0 Å². The smallest absolute Gasteiger partial charge is 0.311 e. The van der Waals surface area contributed by atoms with E-state index in [1.807, 2.05) is 13.0 Å². The van der Waals surface area contributed by atoms with Gasteiger partial charge in [0.25, 0.3) is 0 Å². The predicted octanol–water partition coefficient (Wildman–Crippen LogP) is 0.920. The Hall–Kier alpha value is -3.73. The van der Waals surface area contributed by atoms with Gasteiger partial charge < -0.3 is 75.7 Å². The van der Waals surface area contributed by atoms with Gasteiger partial charge in [0, 0.05) is 43.9 Å². The number of carboxylic acids is 1. The van der Waals surface area contributed by atoms with Gasteiger partial charge in [-0.2, -0.15) is 0 Å². The van der Waals surface area contributed by atoms with Crippen LogP contribution >= 0.6 is 0 Å². The van der Waals surface area contributed by atoms with Crippen molar-refractivity contribution in [3.63, 3.8) is 0 Å². The number of aliphatic carboxylic acids is 1. The van der Waals surface area contributed by atoms with Gasteiger partial charge in [-0.05, 0) is 26.7 Å². The molecule has 3 heterocycles. The molecule has 3 aliphatic heterocycles. The number of hydrogen-bond acceptors (Lipinski definition) is 17. The fraction of sp³-hybridized carbons (Fsp3) is 0.638. The average Bonchev–Trinajstić information content (AvgIpc) is 3.21. The lowest BCUT2D eigenvalue weighted by Crippen LogP contribution is -2.61. The third-order valence-electron chi connectivity index (χ3n) is 11.9. The standard InChI is InChI=1S/C47H71NO17/c1-27-17-15-13-11-9-7-5-6-8-10-12-14-16-18-34(64-46-44(58)41(48)43(57)30(4)63-46)24-38-40(45(59)60)37(54)26-47(61,65-38)25-36(53)35(52)20-19-31(49)21-32(50)22-33(51)23-39(55)62-29(3)28(2)42(27)56/h5-18,27-31,33-38,40-44,46,49,51-54,56-58,61H,19-26,48H2,1-4H3,(H,59,60)/b6-5+,9-7+,10-8+,13-11+,14-12+,17-15+,18-16+/t27-,28-,29-,30+,31+,33+,34-,35+,36+,37-,38?,40+,41-,42+,43+,44-,46-,47+/m0/s1. The van der Waals surface area contributed by atoms with Gasteiger partial charge in [-0.25, -0.2) is 0 Å². The Morgan fingerprint density at radius 3 is 1.80 bits per heavy atom. The Morgan fingerprint density at radius 1 is 0.677 bits per heavy atom. The lowest BCUT2D eigenvalue weighted by Gasteiger charge is -2.45. The van der Waals surface area contributed by atoms with Gasteiger partial charge in [0.15, 0.2) is 12.1 Å². The van der Waals surface area contributed by atoms with Crippen molar-refractivity contribution in [2.24, 2.45) is 23.5 Å². The molecule has 0 saturated carbocycles. The zero-order chi connectivity index (χ0) is 48.4. The lowest BCUT2D eigenvalue weighted by atomic mass is 9.82. The van der Waals surface area contributed by atoms with Crippen LogP contribution in [-0.2, 0) is 33.3 Å². The minimum absolute atomic E-state index is 0.201. The summed E-state index contributed by atoms with van der Waals surface area (Å²) < 4.78 is 23.1. The van der Waals surface area contributed by atoms with Crippen molar-refractivity contribution >= 4 is 17.7 Å². The van der Waals surface area contributed by atoms with E-state index in [0.29, 0.717) is 0 Å². The Labute approximate surface area is 380 Å². The van der Waals surface area contributed by atoms with E-state index in [4.69, 9.17) is 24.7 Å². The zero-order valence-electron chi connectivity index (χ0n) is 37.5. The molecule has 65 heavy (non-hydrogen) atoms. The number of esters is 1. The molecule has 0 aromatic rings. The Kier molecular flexibility index (Phi) is 23.2. The van der Waals surface area contributed by atoms with E-state index < -0.39 is 153 Å². The van der Waals surface area contributed by atoms with Gasteiger partial charge >= 0.3 is 11.9 Å². The molecule has 1 unspecified atom stereocenters. The molecule has 0 spiro atoms. The highest BCUT2D eigenvalue weighted by atomic mass is 16.7. The molecule has 18 nitrogen and oxygen atoms in total. The van der Waals surface area contributed by atoms with Crippen LogP contribution in [0.1, 0.15) is 79.1 Å². The number of ether oxygens (including phenoxy) is 4. The summed E-state index contributed by atoms with van der Waals surface area (Å²) in [5.41, 5.74) is 6.01. The zero-order valence-corrected chi connectivity index (χ0v) is 37.5. The molecule has 2 fully saturated rings. The van der Waals surface area contributed by atoms with Gasteiger partial charge in [0.1, 0.15) is 23.9 Å². The second kappa shape index (κ2) is 27.2. The third kappa shape index (κ3) is 18.5. The normalized spacial score (nSPS) is 44.4. The number of fused-ring (bicyclic) bond motifs is 2. The molecule has 2 bridgehead atoms. The molecule has 0 amide bonds. The van der Waals surface area contributed by atoms with E-state index in [9.17, 15) is 65.4 Å². The number of rotatable bonds is 3. The monoisotopic (exact) mass is 921 g/mol. The maximum absolute atomic E-state index is 12.7. The predicted molar refractivity (Wildman–Crippen MR) is 236 cm³/mol. The van der Waals surface area contributed by atoms with Crippen LogP contribution in [0.25, 0.3) is 0 Å². The van der Waals surface area contributed by atoms with Gasteiger partial charge in [0.05, 0.1) is 73.5 Å². The molecule has 0 aromatic carbocycles. The first kappa shape index (κ1) is 55.6. The molecule has 0 aliphatic carbocycles. The second-order valence-electron chi connectivity index (χ2n) is 17.4. The fourth-order valence-electron chi connectivity index (χ4n) is 7.81. The molecule has 0 radical (unpaired) electrons. The second-order valence-corrected chi connectivity index (χ2v) is 17.4. The average molecular weight is 922 g/mol. The number of cyclic esters (lactones) is 1.